The first-order valence-electron chi connectivity index (χ1n) is 11.1. The highest BCUT2D eigenvalue weighted by molar-refractivity contribution is 5.93. The number of carbonyl (C=O) groups excluding carboxylic acids is 2. The van der Waals surface area contributed by atoms with Crippen molar-refractivity contribution in [2.75, 3.05) is 14.1 Å². The van der Waals surface area contributed by atoms with Crippen molar-refractivity contribution in [3.8, 4) is 5.75 Å². The predicted octanol–water partition coefficient (Wildman–Crippen LogP) is 4.94. The molecule has 0 atom stereocenters. The number of aromatic hydroxyl groups is 1. The molecular formula is C27H38N2O3. The minimum Gasteiger partial charge on any atom is -0.507 e. The Morgan fingerprint density at radius 2 is 1.38 bits per heavy atom. The second-order valence-corrected chi connectivity index (χ2v) is 10.7. The fourth-order valence-corrected chi connectivity index (χ4v) is 3.55. The number of rotatable bonds is 6. The predicted molar refractivity (Wildman–Crippen MR) is 130 cm³/mol. The highest BCUT2D eigenvalue weighted by Gasteiger charge is 2.26. The number of nitrogens with zero attached hydrogens (tertiary/aromatic N) is 1. The minimum absolute atomic E-state index is 0.0267. The van der Waals surface area contributed by atoms with Crippen molar-refractivity contribution in [3.05, 3.63) is 64.2 Å². The van der Waals surface area contributed by atoms with Gasteiger partial charge in [0.2, 0.25) is 5.91 Å². The van der Waals surface area contributed by atoms with Gasteiger partial charge in [-0.2, -0.15) is 0 Å². The first-order chi connectivity index (χ1) is 14.7. The molecule has 5 nitrogen and oxygen atoms in total. The van der Waals surface area contributed by atoms with Gasteiger partial charge in [-0.3, -0.25) is 9.59 Å². The Morgan fingerprint density at radius 3 is 1.81 bits per heavy atom. The molecule has 0 unspecified atom stereocenters. The second-order valence-electron chi connectivity index (χ2n) is 10.7. The van der Waals surface area contributed by atoms with E-state index < -0.39 is 0 Å². The quantitative estimate of drug-likeness (QED) is 0.671. The molecule has 0 fully saturated rings. The Hall–Kier alpha value is -2.82. The first-order valence-corrected chi connectivity index (χ1v) is 11.1. The van der Waals surface area contributed by atoms with Gasteiger partial charge in [0.1, 0.15) is 5.75 Å². The summed E-state index contributed by atoms with van der Waals surface area (Å²) in [4.78, 5) is 26.0. The molecule has 2 N–H and O–H groups in total. The summed E-state index contributed by atoms with van der Waals surface area (Å²) in [7, 11) is 3.44. The Balaban J connectivity index is 2.04. The van der Waals surface area contributed by atoms with Crippen LogP contribution in [0.3, 0.4) is 0 Å². The topological polar surface area (TPSA) is 69.6 Å². The molecule has 32 heavy (non-hydrogen) atoms. The number of phenols is 1. The third-order valence-electron chi connectivity index (χ3n) is 5.52. The summed E-state index contributed by atoms with van der Waals surface area (Å²) < 4.78 is 0. The van der Waals surface area contributed by atoms with Gasteiger partial charge in [-0.05, 0) is 51.6 Å². The summed E-state index contributed by atoms with van der Waals surface area (Å²) in [6, 6.07) is 11.3. The number of hydrogen-bond donors (Lipinski definition) is 2. The van der Waals surface area contributed by atoms with Crippen LogP contribution in [0.2, 0.25) is 0 Å². The van der Waals surface area contributed by atoms with E-state index in [9.17, 15) is 14.7 Å². The van der Waals surface area contributed by atoms with E-state index in [0.717, 1.165) is 22.3 Å². The number of benzene rings is 2. The van der Waals surface area contributed by atoms with E-state index in [4.69, 9.17) is 0 Å². The molecule has 0 saturated heterocycles. The van der Waals surface area contributed by atoms with Crippen LogP contribution in [0.4, 0.5) is 0 Å². The normalized spacial score (nSPS) is 11.9. The van der Waals surface area contributed by atoms with Gasteiger partial charge in [-0.25, -0.2) is 0 Å². The van der Waals surface area contributed by atoms with E-state index in [2.05, 4.69) is 46.9 Å². The zero-order valence-electron chi connectivity index (χ0n) is 20.8. The van der Waals surface area contributed by atoms with E-state index in [1.807, 2.05) is 24.3 Å². The van der Waals surface area contributed by atoms with Crippen molar-refractivity contribution in [3.63, 3.8) is 0 Å². The van der Waals surface area contributed by atoms with Crippen LogP contribution in [0.1, 0.15) is 80.6 Å². The van der Waals surface area contributed by atoms with Crippen molar-refractivity contribution in [1.29, 1.82) is 0 Å². The molecule has 0 aliphatic heterocycles. The molecule has 174 valence electrons. The number of phenolic OH excluding ortho intramolecular Hbond substituents is 1. The highest BCUT2D eigenvalue weighted by Crippen LogP contribution is 2.39. The van der Waals surface area contributed by atoms with Crippen LogP contribution in [0.25, 0.3) is 0 Å². The first kappa shape index (κ1) is 25.4. The van der Waals surface area contributed by atoms with Gasteiger partial charge in [0.25, 0.3) is 5.91 Å². The highest BCUT2D eigenvalue weighted by atomic mass is 16.3. The fraction of sp³-hybridized carbons (Fsp3) is 0.481. The monoisotopic (exact) mass is 438 g/mol. The summed E-state index contributed by atoms with van der Waals surface area (Å²) in [5, 5.41) is 13.8. The van der Waals surface area contributed by atoms with E-state index in [1.165, 1.54) is 4.90 Å². The number of nitrogens with one attached hydrogen (secondary N) is 1. The van der Waals surface area contributed by atoms with Gasteiger partial charge in [-0.1, -0.05) is 65.8 Å². The third-order valence-corrected chi connectivity index (χ3v) is 5.52. The largest absolute Gasteiger partial charge is 0.507 e. The van der Waals surface area contributed by atoms with Crippen LogP contribution in [-0.2, 0) is 28.6 Å². The Bertz CT molecular complexity index is 927. The summed E-state index contributed by atoms with van der Waals surface area (Å²) in [6.07, 6.45) is 0.976. The average molecular weight is 439 g/mol. The standard InChI is InChI=1S/C27H38N2O3/c1-26(2,3)21-15-19(16-22(24(21)31)27(4,5)6)11-14-23(30)28-17-18-9-12-20(13-10-18)25(32)29(7)8/h9-10,12-13,15-16,31H,11,14,17H2,1-8H3,(H,28,30). The van der Waals surface area contributed by atoms with Crippen molar-refractivity contribution in [2.45, 2.75) is 71.8 Å². The lowest BCUT2D eigenvalue weighted by molar-refractivity contribution is -0.121. The molecule has 2 aromatic rings. The SMILES string of the molecule is CN(C)C(=O)c1ccc(CNC(=O)CCc2cc(C(C)(C)C)c(O)c(C(C)(C)C)c2)cc1. The average Bonchev–Trinajstić information content (AvgIpc) is 2.69. The molecule has 2 amide bonds. The lowest BCUT2D eigenvalue weighted by Gasteiger charge is -2.28. The summed E-state index contributed by atoms with van der Waals surface area (Å²) >= 11 is 0. The van der Waals surface area contributed by atoms with E-state index in [1.54, 1.807) is 26.2 Å². The Morgan fingerprint density at radius 1 is 0.875 bits per heavy atom. The van der Waals surface area contributed by atoms with Gasteiger partial charge >= 0.3 is 0 Å². The molecule has 0 aliphatic rings. The maximum atomic E-state index is 12.5. The van der Waals surface area contributed by atoms with Crippen LogP contribution in [-0.4, -0.2) is 35.9 Å². The molecule has 2 aromatic carbocycles. The molecule has 2 rings (SSSR count). The van der Waals surface area contributed by atoms with E-state index in [-0.39, 0.29) is 22.6 Å². The maximum Gasteiger partial charge on any atom is 0.253 e. The zero-order valence-corrected chi connectivity index (χ0v) is 20.8. The van der Waals surface area contributed by atoms with Crippen molar-refractivity contribution in [1.82, 2.24) is 10.2 Å². The van der Waals surface area contributed by atoms with E-state index >= 15 is 0 Å². The van der Waals surface area contributed by atoms with Crippen molar-refractivity contribution in [2.24, 2.45) is 0 Å². The summed E-state index contributed by atoms with van der Waals surface area (Å²) in [5.41, 5.74) is 4.06. The van der Waals surface area contributed by atoms with Crippen LogP contribution in [0.15, 0.2) is 36.4 Å². The summed E-state index contributed by atoms with van der Waals surface area (Å²) in [6.45, 7) is 12.9. The van der Waals surface area contributed by atoms with Gasteiger partial charge in [0.15, 0.2) is 0 Å². The molecule has 0 spiro atoms. The molecule has 0 aliphatic carbocycles. The molecule has 0 saturated carbocycles. The van der Waals surface area contributed by atoms with Crippen LogP contribution < -0.4 is 5.32 Å². The van der Waals surface area contributed by atoms with Gasteiger partial charge in [0.05, 0.1) is 0 Å². The zero-order chi connectivity index (χ0) is 24.3. The van der Waals surface area contributed by atoms with E-state index in [0.29, 0.717) is 30.7 Å². The summed E-state index contributed by atoms with van der Waals surface area (Å²) in [5.74, 6) is 0.286. The lowest BCUT2D eigenvalue weighted by Crippen LogP contribution is -2.24. The molecular weight excluding hydrogens is 400 g/mol. The number of aryl methyl sites for hydroxylation is 1. The van der Waals surface area contributed by atoms with Crippen LogP contribution in [0.5, 0.6) is 5.75 Å². The fourth-order valence-electron chi connectivity index (χ4n) is 3.55. The van der Waals surface area contributed by atoms with Crippen molar-refractivity contribution < 1.29 is 14.7 Å². The number of amides is 2. The van der Waals surface area contributed by atoms with Gasteiger partial charge in [-0.15, -0.1) is 0 Å². The number of carbonyl (C=O) groups is 2. The smallest absolute Gasteiger partial charge is 0.253 e. The molecule has 5 heteroatoms. The van der Waals surface area contributed by atoms with Crippen LogP contribution >= 0.6 is 0 Å². The minimum atomic E-state index is -0.192. The molecule has 0 aromatic heterocycles. The second kappa shape index (κ2) is 9.76. The third kappa shape index (κ3) is 6.59. The number of hydrogen-bond acceptors (Lipinski definition) is 3. The van der Waals surface area contributed by atoms with Crippen LogP contribution in [0, 0.1) is 0 Å². The molecule has 0 radical (unpaired) electrons. The Labute approximate surface area is 192 Å². The van der Waals surface area contributed by atoms with Crippen molar-refractivity contribution >= 4 is 11.8 Å². The molecule has 0 bridgehead atoms. The maximum absolute atomic E-state index is 12.5. The Kier molecular flexibility index (Phi) is 7.76. The van der Waals surface area contributed by atoms with Gasteiger partial charge < -0.3 is 15.3 Å². The molecule has 0 heterocycles. The lowest BCUT2D eigenvalue weighted by atomic mass is 9.78. The van der Waals surface area contributed by atoms with Gasteiger partial charge in [0, 0.05) is 32.6 Å².